The van der Waals surface area contributed by atoms with E-state index in [0.717, 1.165) is 35.5 Å². The molecule has 1 heterocycles. The number of rotatable bonds is 3. The molecule has 2 amide bonds. The lowest BCUT2D eigenvalue weighted by atomic mass is 10.0. The van der Waals surface area contributed by atoms with Crippen molar-refractivity contribution in [3.8, 4) is 0 Å². The lowest BCUT2D eigenvalue weighted by Crippen LogP contribution is -2.31. The molecule has 3 aromatic carbocycles. The standard InChI is InChI=1S/C26H27N3O2/c1-18-8-6-9-22(19(18)2)25(30)27-21-14-12-20(13-15-21)26(31)29-17-7-16-28(3)23-10-4-5-11-24(23)29/h4-6,8-15H,7,16-17H2,1-3H3,(H,27,30). The molecule has 1 aliphatic rings. The Balaban J connectivity index is 1.53. The summed E-state index contributed by atoms with van der Waals surface area (Å²) in [4.78, 5) is 30.0. The maximum atomic E-state index is 13.3. The van der Waals surface area contributed by atoms with Gasteiger partial charge in [-0.25, -0.2) is 0 Å². The van der Waals surface area contributed by atoms with Crippen LogP contribution in [0.2, 0.25) is 0 Å². The lowest BCUT2D eigenvalue weighted by Gasteiger charge is -2.24. The first-order valence-corrected chi connectivity index (χ1v) is 10.6. The fourth-order valence-corrected chi connectivity index (χ4v) is 3.98. The molecule has 158 valence electrons. The fourth-order valence-electron chi connectivity index (χ4n) is 3.98. The van der Waals surface area contributed by atoms with Gasteiger partial charge in [-0.2, -0.15) is 0 Å². The number of carbonyl (C=O) groups is 2. The van der Waals surface area contributed by atoms with Crippen LogP contribution in [0, 0.1) is 13.8 Å². The highest BCUT2D eigenvalue weighted by Crippen LogP contribution is 2.32. The van der Waals surface area contributed by atoms with Crippen LogP contribution in [-0.2, 0) is 0 Å². The molecule has 0 bridgehead atoms. The average Bonchev–Trinajstić information content (AvgIpc) is 2.95. The second-order valence-corrected chi connectivity index (χ2v) is 8.00. The molecule has 0 atom stereocenters. The largest absolute Gasteiger partial charge is 0.373 e. The summed E-state index contributed by atoms with van der Waals surface area (Å²) in [7, 11) is 2.06. The summed E-state index contributed by atoms with van der Waals surface area (Å²) in [6.45, 7) is 5.52. The molecule has 0 fully saturated rings. The van der Waals surface area contributed by atoms with E-state index in [0.29, 0.717) is 23.4 Å². The molecule has 0 saturated carbocycles. The van der Waals surface area contributed by atoms with E-state index in [1.807, 2.05) is 61.2 Å². The Bertz CT molecular complexity index is 1120. The van der Waals surface area contributed by atoms with Crippen LogP contribution in [0.15, 0.2) is 66.7 Å². The summed E-state index contributed by atoms with van der Waals surface area (Å²) in [5, 5.41) is 2.93. The molecule has 0 aromatic heterocycles. The normalized spacial score (nSPS) is 13.4. The Morgan fingerprint density at radius 1 is 0.839 bits per heavy atom. The predicted octanol–water partition coefficient (Wildman–Crippen LogP) is 5.04. The minimum Gasteiger partial charge on any atom is -0.373 e. The molecule has 5 nitrogen and oxygen atoms in total. The van der Waals surface area contributed by atoms with Gasteiger partial charge in [0, 0.05) is 37.0 Å². The van der Waals surface area contributed by atoms with Crippen LogP contribution in [0.3, 0.4) is 0 Å². The van der Waals surface area contributed by atoms with Gasteiger partial charge in [-0.15, -0.1) is 0 Å². The first-order valence-electron chi connectivity index (χ1n) is 10.6. The quantitative estimate of drug-likeness (QED) is 0.654. The van der Waals surface area contributed by atoms with Crippen molar-refractivity contribution in [1.82, 2.24) is 0 Å². The molecule has 4 rings (SSSR count). The molecular weight excluding hydrogens is 386 g/mol. The van der Waals surface area contributed by atoms with Crippen molar-refractivity contribution in [3.05, 3.63) is 89.0 Å². The Morgan fingerprint density at radius 2 is 1.55 bits per heavy atom. The van der Waals surface area contributed by atoms with Gasteiger partial charge in [-0.05, 0) is 73.9 Å². The number of nitrogens with zero attached hydrogens (tertiary/aromatic N) is 2. The summed E-state index contributed by atoms with van der Waals surface area (Å²) >= 11 is 0. The Hall–Kier alpha value is -3.60. The third-order valence-corrected chi connectivity index (χ3v) is 5.94. The number of hydrogen-bond donors (Lipinski definition) is 1. The average molecular weight is 414 g/mol. The van der Waals surface area contributed by atoms with E-state index in [-0.39, 0.29) is 11.8 Å². The molecule has 0 radical (unpaired) electrons. The van der Waals surface area contributed by atoms with Gasteiger partial charge < -0.3 is 15.1 Å². The summed E-state index contributed by atoms with van der Waals surface area (Å²) < 4.78 is 0. The summed E-state index contributed by atoms with van der Waals surface area (Å²) in [5.41, 5.74) is 5.96. The number of fused-ring (bicyclic) bond motifs is 1. The van der Waals surface area contributed by atoms with Crippen LogP contribution in [0.5, 0.6) is 0 Å². The molecule has 0 saturated heterocycles. The van der Waals surface area contributed by atoms with Gasteiger partial charge in [0.25, 0.3) is 11.8 Å². The zero-order chi connectivity index (χ0) is 22.0. The van der Waals surface area contributed by atoms with Gasteiger partial charge >= 0.3 is 0 Å². The minimum absolute atomic E-state index is 0.0323. The number of benzene rings is 3. The zero-order valence-electron chi connectivity index (χ0n) is 18.2. The van der Waals surface area contributed by atoms with E-state index in [9.17, 15) is 9.59 Å². The monoisotopic (exact) mass is 413 g/mol. The predicted molar refractivity (Wildman–Crippen MR) is 126 cm³/mol. The number of para-hydroxylation sites is 2. The number of aryl methyl sites for hydroxylation is 1. The van der Waals surface area contributed by atoms with E-state index in [4.69, 9.17) is 0 Å². The number of anilines is 3. The second kappa shape index (κ2) is 8.64. The van der Waals surface area contributed by atoms with Gasteiger partial charge in [0.15, 0.2) is 0 Å². The molecule has 1 N–H and O–H groups in total. The van der Waals surface area contributed by atoms with E-state index < -0.39 is 0 Å². The highest BCUT2D eigenvalue weighted by atomic mass is 16.2. The SMILES string of the molecule is Cc1cccc(C(=O)Nc2ccc(C(=O)N3CCCN(C)c4ccccc43)cc2)c1C. The molecule has 0 unspecified atom stereocenters. The summed E-state index contributed by atoms with van der Waals surface area (Å²) in [6, 6.07) is 20.8. The van der Waals surface area contributed by atoms with Crippen molar-refractivity contribution in [1.29, 1.82) is 0 Å². The van der Waals surface area contributed by atoms with Crippen molar-refractivity contribution in [3.63, 3.8) is 0 Å². The molecule has 5 heteroatoms. The minimum atomic E-state index is -0.148. The van der Waals surface area contributed by atoms with Gasteiger partial charge in [0.2, 0.25) is 0 Å². The number of hydrogen-bond acceptors (Lipinski definition) is 3. The summed E-state index contributed by atoms with van der Waals surface area (Å²) in [5.74, 6) is -0.181. The second-order valence-electron chi connectivity index (χ2n) is 8.00. The van der Waals surface area contributed by atoms with Gasteiger partial charge in [-0.3, -0.25) is 9.59 Å². The fraction of sp³-hybridized carbons (Fsp3) is 0.231. The third kappa shape index (κ3) is 4.17. The van der Waals surface area contributed by atoms with Crippen molar-refractivity contribution in [2.75, 3.05) is 35.3 Å². The highest BCUT2D eigenvalue weighted by molar-refractivity contribution is 6.09. The van der Waals surface area contributed by atoms with Gasteiger partial charge in [-0.1, -0.05) is 24.3 Å². The first kappa shape index (κ1) is 20.7. The summed E-state index contributed by atoms with van der Waals surface area (Å²) in [6.07, 6.45) is 0.904. The van der Waals surface area contributed by atoms with Crippen LogP contribution in [0.4, 0.5) is 17.1 Å². The van der Waals surface area contributed by atoms with Crippen molar-refractivity contribution in [2.24, 2.45) is 0 Å². The smallest absolute Gasteiger partial charge is 0.258 e. The highest BCUT2D eigenvalue weighted by Gasteiger charge is 2.24. The van der Waals surface area contributed by atoms with Crippen LogP contribution < -0.4 is 15.1 Å². The van der Waals surface area contributed by atoms with E-state index in [2.05, 4.69) is 17.3 Å². The van der Waals surface area contributed by atoms with Crippen LogP contribution in [0.1, 0.15) is 38.3 Å². The van der Waals surface area contributed by atoms with E-state index in [1.54, 1.807) is 24.3 Å². The molecular formula is C26H27N3O2. The first-order chi connectivity index (χ1) is 15.0. The number of nitrogens with one attached hydrogen (secondary N) is 1. The van der Waals surface area contributed by atoms with Crippen LogP contribution in [-0.4, -0.2) is 32.0 Å². The molecule has 1 aliphatic heterocycles. The van der Waals surface area contributed by atoms with Crippen molar-refractivity contribution < 1.29 is 9.59 Å². The Labute approximate surface area is 183 Å². The maximum absolute atomic E-state index is 13.3. The van der Waals surface area contributed by atoms with E-state index in [1.165, 1.54) is 0 Å². The van der Waals surface area contributed by atoms with Crippen LogP contribution >= 0.6 is 0 Å². The van der Waals surface area contributed by atoms with Crippen LogP contribution in [0.25, 0.3) is 0 Å². The number of amides is 2. The Kier molecular flexibility index (Phi) is 5.76. The Morgan fingerprint density at radius 3 is 2.29 bits per heavy atom. The molecule has 3 aromatic rings. The van der Waals surface area contributed by atoms with Gasteiger partial charge in [0.05, 0.1) is 11.4 Å². The molecule has 0 aliphatic carbocycles. The van der Waals surface area contributed by atoms with Gasteiger partial charge in [0.1, 0.15) is 0 Å². The van der Waals surface area contributed by atoms with E-state index >= 15 is 0 Å². The van der Waals surface area contributed by atoms with Crippen molar-refractivity contribution >= 4 is 28.9 Å². The zero-order valence-corrected chi connectivity index (χ0v) is 18.2. The lowest BCUT2D eigenvalue weighted by molar-refractivity contribution is 0.0986. The molecule has 31 heavy (non-hydrogen) atoms. The number of carbonyl (C=O) groups excluding carboxylic acids is 2. The third-order valence-electron chi connectivity index (χ3n) is 5.94. The van der Waals surface area contributed by atoms with Crippen molar-refractivity contribution in [2.45, 2.75) is 20.3 Å². The molecule has 0 spiro atoms. The topological polar surface area (TPSA) is 52.7 Å². The maximum Gasteiger partial charge on any atom is 0.258 e.